The molecule has 0 saturated heterocycles. The Bertz CT molecular complexity index is 979. The smallest absolute Gasteiger partial charge is 0.316 e. The van der Waals surface area contributed by atoms with Crippen LogP contribution in [-0.4, -0.2) is 28.4 Å². The molecular weight excluding hydrogens is 366 g/mol. The molecule has 0 fully saturated rings. The Balaban J connectivity index is 1.45. The number of nitrogens with zero attached hydrogens (tertiary/aromatic N) is 1. The lowest BCUT2D eigenvalue weighted by molar-refractivity contribution is 0.679. The van der Waals surface area contributed by atoms with Gasteiger partial charge in [-0.1, -0.05) is 29.8 Å². The standard InChI is InChI=1S/C20H22ClN3OS/c21-16-7-6-14-8-10-22-11-9-15(14)19(16)26-13-3-12-24-18-5-2-1-4-17(18)23-20(24)25/h1-2,4-7,22H,3,8-13H2,(H,23,25). The quantitative estimate of drug-likeness (QED) is 0.516. The fourth-order valence-electron chi connectivity index (χ4n) is 3.59. The predicted molar refractivity (Wildman–Crippen MR) is 110 cm³/mol. The molecule has 4 nitrogen and oxygen atoms in total. The van der Waals surface area contributed by atoms with Gasteiger partial charge in [-0.05, 0) is 67.4 Å². The van der Waals surface area contributed by atoms with Crippen molar-refractivity contribution in [3.05, 3.63) is 63.0 Å². The van der Waals surface area contributed by atoms with Crippen LogP contribution in [0.3, 0.4) is 0 Å². The molecule has 0 unspecified atom stereocenters. The van der Waals surface area contributed by atoms with E-state index < -0.39 is 0 Å². The van der Waals surface area contributed by atoms with Crippen LogP contribution in [0, 0.1) is 0 Å². The van der Waals surface area contributed by atoms with E-state index in [-0.39, 0.29) is 5.69 Å². The summed E-state index contributed by atoms with van der Waals surface area (Å²) in [5, 5.41) is 4.30. The van der Waals surface area contributed by atoms with E-state index in [2.05, 4.69) is 16.4 Å². The lowest BCUT2D eigenvalue weighted by Gasteiger charge is -2.14. The number of rotatable bonds is 5. The van der Waals surface area contributed by atoms with Gasteiger partial charge < -0.3 is 10.3 Å². The molecule has 2 aromatic carbocycles. The molecule has 3 aromatic rings. The predicted octanol–water partition coefficient (Wildman–Crippen LogP) is 3.85. The molecular formula is C20H22ClN3OS. The van der Waals surface area contributed by atoms with Gasteiger partial charge in [0.2, 0.25) is 0 Å². The number of nitrogens with one attached hydrogen (secondary N) is 2. The van der Waals surface area contributed by atoms with Crippen molar-refractivity contribution in [2.45, 2.75) is 30.7 Å². The van der Waals surface area contributed by atoms with Crippen LogP contribution in [0.4, 0.5) is 0 Å². The molecule has 0 bridgehead atoms. The first-order chi connectivity index (χ1) is 12.7. The van der Waals surface area contributed by atoms with Crippen molar-refractivity contribution in [3.63, 3.8) is 0 Å². The number of hydrogen-bond donors (Lipinski definition) is 2. The number of halogens is 1. The van der Waals surface area contributed by atoms with Gasteiger partial charge in [0, 0.05) is 11.4 Å². The van der Waals surface area contributed by atoms with Crippen molar-refractivity contribution in [2.24, 2.45) is 0 Å². The van der Waals surface area contributed by atoms with E-state index in [0.717, 1.165) is 54.2 Å². The number of hydrogen-bond acceptors (Lipinski definition) is 3. The Morgan fingerprint density at radius 1 is 1.12 bits per heavy atom. The van der Waals surface area contributed by atoms with Crippen LogP contribution in [0.25, 0.3) is 11.0 Å². The molecule has 4 rings (SSSR count). The van der Waals surface area contributed by atoms with Crippen LogP contribution in [0.1, 0.15) is 17.5 Å². The normalized spacial score (nSPS) is 14.3. The fourth-order valence-corrected chi connectivity index (χ4v) is 5.02. The van der Waals surface area contributed by atoms with Gasteiger partial charge in [0.1, 0.15) is 0 Å². The number of aromatic amines is 1. The highest BCUT2D eigenvalue weighted by Crippen LogP contribution is 2.34. The van der Waals surface area contributed by atoms with Crippen LogP contribution in [0.5, 0.6) is 0 Å². The molecule has 0 spiro atoms. The first kappa shape index (κ1) is 17.7. The summed E-state index contributed by atoms with van der Waals surface area (Å²) in [6.45, 7) is 2.75. The molecule has 0 aliphatic carbocycles. The summed E-state index contributed by atoms with van der Waals surface area (Å²) >= 11 is 8.31. The second-order valence-corrected chi connectivity index (χ2v) is 8.08. The minimum Gasteiger partial charge on any atom is -0.316 e. The molecule has 2 N–H and O–H groups in total. The Kier molecular flexibility index (Phi) is 5.38. The van der Waals surface area contributed by atoms with Gasteiger partial charge in [0.25, 0.3) is 0 Å². The zero-order valence-electron chi connectivity index (χ0n) is 14.6. The Hall–Kier alpha value is -1.69. The molecule has 0 amide bonds. The van der Waals surface area contributed by atoms with Crippen LogP contribution in [-0.2, 0) is 19.4 Å². The van der Waals surface area contributed by atoms with Crippen molar-refractivity contribution < 1.29 is 0 Å². The SMILES string of the molecule is O=c1[nH]c2ccccc2n1CCCSc1c(Cl)ccc2c1CCNCC2. The summed E-state index contributed by atoms with van der Waals surface area (Å²) < 4.78 is 1.83. The van der Waals surface area contributed by atoms with Crippen LogP contribution >= 0.6 is 23.4 Å². The van der Waals surface area contributed by atoms with E-state index in [4.69, 9.17) is 11.6 Å². The lowest BCUT2D eigenvalue weighted by Crippen LogP contribution is -2.17. The maximum atomic E-state index is 12.2. The second-order valence-electron chi connectivity index (χ2n) is 6.57. The van der Waals surface area contributed by atoms with Crippen molar-refractivity contribution >= 4 is 34.4 Å². The maximum absolute atomic E-state index is 12.2. The van der Waals surface area contributed by atoms with E-state index in [1.165, 1.54) is 16.0 Å². The Morgan fingerprint density at radius 3 is 2.88 bits per heavy atom. The van der Waals surface area contributed by atoms with E-state index in [9.17, 15) is 4.79 Å². The average Bonchev–Trinajstić information content (AvgIpc) is 2.81. The molecule has 6 heteroatoms. The van der Waals surface area contributed by atoms with E-state index >= 15 is 0 Å². The summed E-state index contributed by atoms with van der Waals surface area (Å²) in [6.07, 6.45) is 3.01. The number of aromatic nitrogens is 2. The first-order valence-corrected chi connectivity index (χ1v) is 10.4. The van der Waals surface area contributed by atoms with Gasteiger partial charge in [-0.25, -0.2) is 4.79 Å². The first-order valence-electron chi connectivity index (χ1n) is 9.05. The molecule has 0 radical (unpaired) electrons. The number of thioether (sulfide) groups is 1. The molecule has 1 aliphatic rings. The van der Waals surface area contributed by atoms with E-state index in [0.29, 0.717) is 6.54 Å². The average molecular weight is 388 g/mol. The van der Waals surface area contributed by atoms with Crippen LogP contribution in [0.15, 0.2) is 46.1 Å². The second kappa shape index (κ2) is 7.91. The van der Waals surface area contributed by atoms with Gasteiger partial charge in [-0.15, -0.1) is 11.8 Å². The highest BCUT2D eigenvalue weighted by Gasteiger charge is 2.15. The molecule has 2 heterocycles. The largest absolute Gasteiger partial charge is 0.326 e. The lowest BCUT2D eigenvalue weighted by atomic mass is 10.0. The number of H-pyrrole nitrogens is 1. The van der Waals surface area contributed by atoms with E-state index in [1.54, 1.807) is 0 Å². The number of imidazole rings is 1. The van der Waals surface area contributed by atoms with Gasteiger partial charge in [0.15, 0.2) is 0 Å². The third-order valence-corrected chi connectivity index (χ3v) is 6.56. The Labute approximate surface area is 161 Å². The monoisotopic (exact) mass is 387 g/mol. The van der Waals surface area contributed by atoms with Crippen LogP contribution < -0.4 is 11.0 Å². The molecule has 26 heavy (non-hydrogen) atoms. The van der Waals surface area contributed by atoms with Crippen molar-refractivity contribution in [1.29, 1.82) is 0 Å². The van der Waals surface area contributed by atoms with Gasteiger partial charge in [-0.2, -0.15) is 0 Å². The van der Waals surface area contributed by atoms with Crippen molar-refractivity contribution in [1.82, 2.24) is 14.9 Å². The third kappa shape index (κ3) is 3.56. The number of fused-ring (bicyclic) bond motifs is 2. The molecule has 136 valence electrons. The molecule has 1 aromatic heterocycles. The maximum Gasteiger partial charge on any atom is 0.326 e. The van der Waals surface area contributed by atoms with Gasteiger partial charge in [0.05, 0.1) is 16.1 Å². The molecule has 0 atom stereocenters. The summed E-state index contributed by atoms with van der Waals surface area (Å²) in [5.41, 5.74) is 4.65. The van der Waals surface area contributed by atoms with Gasteiger partial charge in [-0.3, -0.25) is 4.57 Å². The number of benzene rings is 2. The minimum absolute atomic E-state index is 0.0334. The summed E-state index contributed by atoms with van der Waals surface area (Å²) in [6, 6.07) is 12.0. The molecule has 0 saturated carbocycles. The Morgan fingerprint density at radius 2 is 1.96 bits per heavy atom. The minimum atomic E-state index is -0.0334. The highest BCUT2D eigenvalue weighted by molar-refractivity contribution is 7.99. The topological polar surface area (TPSA) is 49.8 Å². The van der Waals surface area contributed by atoms with Crippen molar-refractivity contribution in [3.8, 4) is 0 Å². The highest BCUT2D eigenvalue weighted by atomic mass is 35.5. The van der Waals surface area contributed by atoms with Gasteiger partial charge >= 0.3 is 5.69 Å². The summed E-state index contributed by atoms with van der Waals surface area (Å²) in [5.74, 6) is 0.940. The summed E-state index contributed by atoms with van der Waals surface area (Å²) in [4.78, 5) is 16.3. The third-order valence-electron chi connectivity index (χ3n) is 4.89. The zero-order chi connectivity index (χ0) is 17.9. The number of aryl methyl sites for hydroxylation is 1. The van der Waals surface area contributed by atoms with Crippen molar-refractivity contribution in [2.75, 3.05) is 18.8 Å². The van der Waals surface area contributed by atoms with E-state index in [1.807, 2.05) is 46.7 Å². The zero-order valence-corrected chi connectivity index (χ0v) is 16.1. The van der Waals surface area contributed by atoms with Crippen LogP contribution in [0.2, 0.25) is 5.02 Å². The molecule has 1 aliphatic heterocycles. The summed E-state index contributed by atoms with van der Waals surface area (Å²) in [7, 11) is 0. The fraction of sp³-hybridized carbons (Fsp3) is 0.350. The number of para-hydroxylation sites is 2.